The molecule has 172 valence electrons. The molecule has 0 aliphatic carbocycles. The van der Waals surface area contributed by atoms with E-state index in [2.05, 4.69) is 0 Å². The maximum Gasteiger partial charge on any atom is 0.207 e. The van der Waals surface area contributed by atoms with Gasteiger partial charge >= 0.3 is 0 Å². The van der Waals surface area contributed by atoms with Crippen LogP contribution in [0.3, 0.4) is 0 Å². The molecule has 0 aliphatic heterocycles. The predicted octanol–water partition coefficient (Wildman–Crippen LogP) is 5.87. The van der Waals surface area contributed by atoms with E-state index in [1.807, 2.05) is 0 Å². The van der Waals surface area contributed by atoms with E-state index in [9.17, 15) is 26.7 Å². The van der Waals surface area contributed by atoms with Gasteiger partial charge in [-0.3, -0.25) is 4.79 Å². The highest BCUT2D eigenvalue weighted by Gasteiger charge is 2.27. The molecule has 3 aromatic rings. The molecule has 9 heteroatoms. The zero-order chi connectivity index (χ0) is 24.1. The number of ketones is 1. The van der Waals surface area contributed by atoms with E-state index in [0.717, 1.165) is 0 Å². The molecule has 0 amide bonds. The maximum atomic E-state index is 13.9. The van der Waals surface area contributed by atoms with E-state index in [1.54, 1.807) is 30.3 Å². The molecular weight excluding hydrogens is 447 g/mol. The van der Waals surface area contributed by atoms with Gasteiger partial charge in [0.2, 0.25) is 29.1 Å². The van der Waals surface area contributed by atoms with Crippen molar-refractivity contribution < 1.29 is 41.0 Å². The lowest BCUT2D eigenvalue weighted by atomic mass is 10.1. The van der Waals surface area contributed by atoms with Gasteiger partial charge in [0.25, 0.3) is 0 Å². The van der Waals surface area contributed by atoms with Crippen molar-refractivity contribution in [2.75, 3.05) is 14.2 Å². The van der Waals surface area contributed by atoms with Gasteiger partial charge in [0.05, 0.1) is 19.8 Å². The van der Waals surface area contributed by atoms with Crippen LogP contribution in [-0.2, 0) is 6.61 Å². The molecule has 0 aliphatic rings. The molecule has 3 rings (SSSR count). The standard InChI is InChI=1S/C24H17F5O4/c1-31-17-10-8-13(7-9-16(30)15-5-3-4-6-18(15)32-2)11-14(17)12-33-24-22(28)20(26)19(25)21(27)23(24)29/h3-11H,12H2,1-2H3/b9-7+. The molecule has 33 heavy (non-hydrogen) atoms. The summed E-state index contributed by atoms with van der Waals surface area (Å²) < 4.78 is 82.9. The molecule has 0 bridgehead atoms. The summed E-state index contributed by atoms with van der Waals surface area (Å²) in [6, 6.07) is 11.2. The second-order valence-electron chi connectivity index (χ2n) is 6.66. The van der Waals surface area contributed by atoms with Gasteiger partial charge in [-0.15, -0.1) is 0 Å². The number of rotatable bonds is 8. The van der Waals surface area contributed by atoms with E-state index in [4.69, 9.17) is 14.2 Å². The zero-order valence-corrected chi connectivity index (χ0v) is 17.4. The fourth-order valence-electron chi connectivity index (χ4n) is 2.99. The second kappa shape index (κ2) is 10.2. The predicted molar refractivity (Wildman–Crippen MR) is 110 cm³/mol. The Morgan fingerprint density at radius 3 is 2.06 bits per heavy atom. The molecule has 0 N–H and O–H groups in total. The Kier molecular flexibility index (Phi) is 7.32. The molecule has 0 atom stereocenters. The normalized spacial score (nSPS) is 11.0. The molecule has 0 radical (unpaired) electrons. The van der Waals surface area contributed by atoms with Crippen molar-refractivity contribution in [2.45, 2.75) is 6.61 Å². The first-order valence-corrected chi connectivity index (χ1v) is 9.45. The lowest BCUT2D eigenvalue weighted by Gasteiger charge is -2.13. The van der Waals surface area contributed by atoms with Crippen molar-refractivity contribution in [3.8, 4) is 17.2 Å². The van der Waals surface area contributed by atoms with Gasteiger partial charge in [-0.25, -0.2) is 13.2 Å². The molecule has 0 saturated carbocycles. The highest BCUT2D eigenvalue weighted by atomic mass is 19.2. The van der Waals surface area contributed by atoms with Crippen LogP contribution >= 0.6 is 0 Å². The lowest BCUT2D eigenvalue weighted by molar-refractivity contribution is 0.104. The van der Waals surface area contributed by atoms with Crippen LogP contribution in [0.25, 0.3) is 6.08 Å². The Morgan fingerprint density at radius 2 is 1.42 bits per heavy atom. The number of para-hydroxylation sites is 1. The summed E-state index contributed by atoms with van der Waals surface area (Å²) in [6.45, 7) is -0.566. The number of hydrogen-bond acceptors (Lipinski definition) is 4. The van der Waals surface area contributed by atoms with E-state index < -0.39 is 41.4 Å². The summed E-state index contributed by atoms with van der Waals surface area (Å²) >= 11 is 0. The third kappa shape index (κ3) is 4.97. The summed E-state index contributed by atoms with van der Waals surface area (Å²) in [5.74, 6) is -11.7. The fourth-order valence-corrected chi connectivity index (χ4v) is 2.99. The number of halogens is 5. The van der Waals surface area contributed by atoms with Gasteiger partial charge in [-0.2, -0.15) is 8.78 Å². The second-order valence-corrected chi connectivity index (χ2v) is 6.66. The number of allylic oxidation sites excluding steroid dienone is 1. The molecule has 4 nitrogen and oxygen atoms in total. The number of benzene rings is 3. The maximum absolute atomic E-state index is 13.9. The van der Waals surface area contributed by atoms with Crippen LogP contribution in [0.2, 0.25) is 0 Å². The van der Waals surface area contributed by atoms with Crippen molar-refractivity contribution in [3.05, 3.63) is 94.3 Å². The molecule has 0 saturated heterocycles. The van der Waals surface area contributed by atoms with Crippen LogP contribution < -0.4 is 14.2 Å². The minimum atomic E-state index is -2.28. The number of carbonyl (C=O) groups is 1. The van der Waals surface area contributed by atoms with E-state index in [1.165, 1.54) is 38.5 Å². The number of hydrogen-bond donors (Lipinski definition) is 0. The summed E-state index contributed by atoms with van der Waals surface area (Å²) in [5.41, 5.74) is 1.09. The first-order chi connectivity index (χ1) is 15.8. The van der Waals surface area contributed by atoms with Gasteiger partial charge in [-0.1, -0.05) is 24.3 Å². The number of ether oxygens (including phenoxy) is 3. The van der Waals surface area contributed by atoms with Crippen molar-refractivity contribution in [1.29, 1.82) is 0 Å². The van der Waals surface area contributed by atoms with Gasteiger partial charge < -0.3 is 14.2 Å². The average molecular weight is 464 g/mol. The van der Waals surface area contributed by atoms with Crippen LogP contribution in [0, 0.1) is 29.1 Å². The van der Waals surface area contributed by atoms with Crippen LogP contribution in [0.15, 0.2) is 48.5 Å². The summed E-state index contributed by atoms with van der Waals surface area (Å²) in [4.78, 5) is 12.5. The summed E-state index contributed by atoms with van der Waals surface area (Å²) in [7, 11) is 2.77. The van der Waals surface area contributed by atoms with E-state index in [0.29, 0.717) is 16.9 Å². The SMILES string of the molecule is COc1ccc(/C=C/C(=O)c2ccccc2OC)cc1COc1c(F)c(F)c(F)c(F)c1F. The molecule has 0 unspecified atom stereocenters. The van der Waals surface area contributed by atoms with Crippen LogP contribution in [0.1, 0.15) is 21.5 Å². The van der Waals surface area contributed by atoms with Gasteiger partial charge in [0.1, 0.15) is 18.1 Å². The summed E-state index contributed by atoms with van der Waals surface area (Å²) in [5, 5.41) is 0. The highest BCUT2D eigenvalue weighted by molar-refractivity contribution is 6.08. The molecule has 0 aromatic heterocycles. The Labute approximate surface area is 185 Å². The van der Waals surface area contributed by atoms with Crippen molar-refractivity contribution in [2.24, 2.45) is 0 Å². The number of methoxy groups -OCH3 is 2. The summed E-state index contributed by atoms with van der Waals surface area (Å²) in [6.07, 6.45) is 2.78. The average Bonchev–Trinajstić information content (AvgIpc) is 2.84. The minimum absolute atomic E-state index is 0.243. The Hall–Kier alpha value is -3.88. The Morgan fingerprint density at radius 1 is 0.818 bits per heavy atom. The minimum Gasteiger partial charge on any atom is -0.496 e. The van der Waals surface area contributed by atoms with E-state index in [-0.39, 0.29) is 17.1 Å². The largest absolute Gasteiger partial charge is 0.496 e. The number of carbonyl (C=O) groups excluding carboxylic acids is 1. The molecule has 3 aromatic carbocycles. The monoisotopic (exact) mass is 464 g/mol. The first kappa shape index (κ1) is 23.8. The lowest BCUT2D eigenvalue weighted by Crippen LogP contribution is -2.07. The van der Waals surface area contributed by atoms with Crippen molar-refractivity contribution in [1.82, 2.24) is 0 Å². The molecule has 0 spiro atoms. The zero-order valence-electron chi connectivity index (χ0n) is 17.4. The highest BCUT2D eigenvalue weighted by Crippen LogP contribution is 2.31. The van der Waals surface area contributed by atoms with Crippen LogP contribution in [0.4, 0.5) is 22.0 Å². The van der Waals surface area contributed by atoms with Gasteiger partial charge in [0.15, 0.2) is 11.5 Å². The topological polar surface area (TPSA) is 44.8 Å². The Bertz CT molecular complexity index is 1190. The van der Waals surface area contributed by atoms with E-state index >= 15 is 0 Å². The van der Waals surface area contributed by atoms with Crippen molar-refractivity contribution >= 4 is 11.9 Å². The third-order valence-corrected chi connectivity index (χ3v) is 4.65. The quantitative estimate of drug-likeness (QED) is 0.137. The van der Waals surface area contributed by atoms with Crippen LogP contribution in [-0.4, -0.2) is 20.0 Å². The molecular formula is C24H17F5O4. The first-order valence-electron chi connectivity index (χ1n) is 9.45. The molecule has 0 heterocycles. The smallest absolute Gasteiger partial charge is 0.207 e. The Balaban J connectivity index is 1.85. The third-order valence-electron chi connectivity index (χ3n) is 4.65. The van der Waals surface area contributed by atoms with Gasteiger partial charge in [0, 0.05) is 5.56 Å². The van der Waals surface area contributed by atoms with Crippen molar-refractivity contribution in [3.63, 3.8) is 0 Å². The molecule has 0 fully saturated rings. The fraction of sp³-hybridized carbons (Fsp3) is 0.125. The van der Waals surface area contributed by atoms with Crippen LogP contribution in [0.5, 0.6) is 17.2 Å². The van der Waals surface area contributed by atoms with Gasteiger partial charge in [-0.05, 0) is 35.9 Å².